The number of nitrogens with zero attached hydrogens (tertiary/aromatic N) is 1. The van der Waals surface area contributed by atoms with Crippen molar-refractivity contribution in [3.8, 4) is 0 Å². The molecule has 2 amide bonds. The minimum Gasteiger partial charge on any atom is -0.442 e. The molecule has 142 valence electrons. The van der Waals surface area contributed by atoms with Gasteiger partial charge in [-0.15, -0.1) is 0 Å². The number of anilines is 1. The maximum absolute atomic E-state index is 14.7. The van der Waals surface area contributed by atoms with Crippen LogP contribution in [-0.4, -0.2) is 47.7 Å². The Morgan fingerprint density at radius 1 is 1.50 bits per heavy atom. The molecule has 0 aromatic heterocycles. The summed E-state index contributed by atoms with van der Waals surface area (Å²) in [4.78, 5) is 24.4. The molecule has 0 spiro atoms. The highest BCUT2D eigenvalue weighted by Gasteiger charge is 2.33. The van der Waals surface area contributed by atoms with Crippen molar-refractivity contribution in [3.05, 3.63) is 29.6 Å². The van der Waals surface area contributed by atoms with Gasteiger partial charge in [-0.1, -0.05) is 6.07 Å². The molecule has 2 aliphatic heterocycles. The molecular weight excluding hydrogens is 361 g/mol. The van der Waals surface area contributed by atoms with Crippen LogP contribution in [0.15, 0.2) is 18.2 Å². The summed E-state index contributed by atoms with van der Waals surface area (Å²) < 4.78 is 34.3. The number of rotatable bonds is 4. The Bertz CT molecular complexity index is 730. The molecule has 3 rings (SSSR count). The molecule has 0 radical (unpaired) electrons. The van der Waals surface area contributed by atoms with E-state index in [1.165, 1.54) is 17.9 Å². The number of carbonyl (C=O) groups is 2. The molecule has 2 aliphatic rings. The molecule has 9 heteroatoms. The van der Waals surface area contributed by atoms with Crippen LogP contribution in [0.3, 0.4) is 0 Å². The monoisotopic (exact) mass is 383 g/mol. The number of nitrogens with one attached hydrogen (secondary N) is 2. The van der Waals surface area contributed by atoms with Crippen LogP contribution in [0.25, 0.3) is 0 Å². The Labute approximate surface area is 153 Å². The van der Waals surface area contributed by atoms with Crippen molar-refractivity contribution < 1.29 is 22.9 Å². The van der Waals surface area contributed by atoms with E-state index in [9.17, 15) is 18.2 Å². The fourth-order valence-corrected chi connectivity index (χ4v) is 4.17. The van der Waals surface area contributed by atoms with Crippen molar-refractivity contribution in [3.63, 3.8) is 0 Å². The zero-order chi connectivity index (χ0) is 18.7. The van der Waals surface area contributed by atoms with Gasteiger partial charge >= 0.3 is 6.09 Å². The van der Waals surface area contributed by atoms with Crippen LogP contribution in [0, 0.1) is 5.82 Å². The highest BCUT2D eigenvalue weighted by Crippen LogP contribution is 2.30. The molecule has 2 N–H and O–H groups in total. The number of hydrogen-bond acceptors (Lipinski definition) is 4. The Morgan fingerprint density at radius 3 is 3.04 bits per heavy atom. The van der Waals surface area contributed by atoms with Crippen LogP contribution >= 0.6 is 0 Å². The summed E-state index contributed by atoms with van der Waals surface area (Å²) in [5, 5.41) is 2.60. The van der Waals surface area contributed by atoms with Crippen molar-refractivity contribution in [2.24, 2.45) is 0 Å². The molecule has 3 atom stereocenters. The summed E-state index contributed by atoms with van der Waals surface area (Å²) in [5.41, 5.74) is 0.981. The number of cyclic esters (lactones) is 1. The van der Waals surface area contributed by atoms with Crippen molar-refractivity contribution >= 4 is 28.7 Å². The molecule has 0 saturated carbocycles. The number of carbonyl (C=O) groups excluding carboxylic acids is 2. The third-order valence-corrected chi connectivity index (χ3v) is 5.71. The summed E-state index contributed by atoms with van der Waals surface area (Å²) in [7, 11) is -1.05. The SMILES string of the molecule is CC(=O)NCC1CN(c2ccc(C3CCC[S@](=O)NC3)c(F)c2)C(=O)O1. The molecule has 1 aromatic rings. The van der Waals surface area contributed by atoms with Crippen LogP contribution in [0.5, 0.6) is 0 Å². The highest BCUT2D eigenvalue weighted by atomic mass is 32.2. The first-order chi connectivity index (χ1) is 12.4. The highest BCUT2D eigenvalue weighted by molar-refractivity contribution is 7.83. The van der Waals surface area contributed by atoms with E-state index in [1.54, 1.807) is 12.1 Å². The first-order valence-corrected chi connectivity index (χ1v) is 9.90. The number of hydrogen-bond donors (Lipinski definition) is 2. The normalized spacial score (nSPS) is 26.3. The third-order valence-electron chi connectivity index (χ3n) is 4.56. The quantitative estimate of drug-likeness (QED) is 0.823. The van der Waals surface area contributed by atoms with E-state index in [0.717, 1.165) is 12.8 Å². The third kappa shape index (κ3) is 4.39. The maximum Gasteiger partial charge on any atom is 0.414 e. The van der Waals surface area contributed by atoms with E-state index in [1.807, 2.05) is 0 Å². The Kier molecular flexibility index (Phi) is 5.87. The van der Waals surface area contributed by atoms with Gasteiger partial charge in [-0.05, 0) is 30.5 Å². The first kappa shape index (κ1) is 18.8. The Morgan fingerprint density at radius 2 is 2.31 bits per heavy atom. The largest absolute Gasteiger partial charge is 0.442 e. The number of benzene rings is 1. The van der Waals surface area contributed by atoms with Gasteiger partial charge in [0.15, 0.2) is 0 Å². The van der Waals surface area contributed by atoms with Gasteiger partial charge in [-0.3, -0.25) is 9.69 Å². The van der Waals surface area contributed by atoms with E-state index >= 15 is 0 Å². The van der Waals surface area contributed by atoms with Crippen LogP contribution in [0.4, 0.5) is 14.9 Å². The lowest BCUT2D eigenvalue weighted by Crippen LogP contribution is -2.33. The molecule has 0 bridgehead atoms. The second-order valence-corrected chi connectivity index (χ2v) is 7.88. The first-order valence-electron chi connectivity index (χ1n) is 8.58. The molecule has 2 fully saturated rings. The minimum atomic E-state index is -1.05. The van der Waals surface area contributed by atoms with E-state index in [4.69, 9.17) is 4.74 Å². The standard InChI is InChI=1S/C17H22FN3O4S/c1-11(22)19-9-14-10-21(17(23)25-14)13-4-5-15(16(18)7-13)12-3-2-6-26(24)20-8-12/h4-5,7,12,14,20H,2-3,6,8-10H2,1H3,(H,19,22)/t12?,14?,26-/m0/s1. The lowest BCUT2D eigenvalue weighted by molar-refractivity contribution is -0.119. The van der Waals surface area contributed by atoms with Gasteiger partial charge in [0.05, 0.1) is 29.8 Å². The second kappa shape index (κ2) is 8.13. The van der Waals surface area contributed by atoms with E-state index < -0.39 is 23.2 Å². The topological polar surface area (TPSA) is 87.7 Å². The predicted octanol–water partition coefficient (Wildman–Crippen LogP) is 1.42. The summed E-state index contributed by atoms with van der Waals surface area (Å²) >= 11 is 0. The molecule has 0 aliphatic carbocycles. The van der Waals surface area contributed by atoms with Crippen molar-refractivity contribution in [1.82, 2.24) is 10.0 Å². The molecule has 2 unspecified atom stereocenters. The van der Waals surface area contributed by atoms with Crippen molar-refractivity contribution in [2.45, 2.75) is 31.8 Å². The maximum atomic E-state index is 14.7. The fraction of sp³-hybridized carbons (Fsp3) is 0.529. The molecule has 26 heavy (non-hydrogen) atoms. The molecule has 2 heterocycles. The van der Waals surface area contributed by atoms with Crippen LogP contribution in [-0.2, 0) is 20.5 Å². The summed E-state index contributed by atoms with van der Waals surface area (Å²) in [6, 6.07) is 4.71. The molecule has 2 saturated heterocycles. The van der Waals surface area contributed by atoms with Crippen molar-refractivity contribution in [1.29, 1.82) is 0 Å². The fourth-order valence-electron chi connectivity index (χ4n) is 3.21. The summed E-state index contributed by atoms with van der Waals surface area (Å²) in [6.07, 6.45) is 0.517. The zero-order valence-electron chi connectivity index (χ0n) is 14.5. The van der Waals surface area contributed by atoms with Gasteiger partial charge in [-0.2, -0.15) is 0 Å². The van der Waals surface area contributed by atoms with Crippen LogP contribution < -0.4 is 14.9 Å². The number of amides is 2. The molecule has 1 aromatic carbocycles. The molecular formula is C17H22FN3O4S. The smallest absolute Gasteiger partial charge is 0.414 e. The Balaban J connectivity index is 1.70. The van der Waals surface area contributed by atoms with Gasteiger partial charge < -0.3 is 10.1 Å². The van der Waals surface area contributed by atoms with Gasteiger partial charge in [0.1, 0.15) is 11.9 Å². The predicted molar refractivity (Wildman–Crippen MR) is 95.7 cm³/mol. The summed E-state index contributed by atoms with van der Waals surface area (Å²) in [5.74, 6) is -0.0626. The lowest BCUT2D eigenvalue weighted by atomic mass is 9.94. The average Bonchev–Trinajstić information content (AvgIpc) is 2.83. The van der Waals surface area contributed by atoms with Crippen LogP contribution in [0.1, 0.15) is 31.2 Å². The second-order valence-electron chi connectivity index (χ2n) is 6.50. The molecule has 7 nitrogen and oxygen atoms in total. The lowest BCUT2D eigenvalue weighted by Gasteiger charge is -2.18. The van der Waals surface area contributed by atoms with Crippen molar-refractivity contribution in [2.75, 3.05) is 30.3 Å². The number of ether oxygens (including phenoxy) is 1. The van der Waals surface area contributed by atoms with E-state index in [-0.39, 0.29) is 30.7 Å². The van der Waals surface area contributed by atoms with Gasteiger partial charge in [0, 0.05) is 25.1 Å². The number of halogens is 1. The summed E-state index contributed by atoms with van der Waals surface area (Å²) in [6.45, 7) is 2.33. The van der Waals surface area contributed by atoms with Crippen LogP contribution in [0.2, 0.25) is 0 Å². The van der Waals surface area contributed by atoms with Gasteiger partial charge in [0.2, 0.25) is 5.91 Å². The van der Waals surface area contributed by atoms with E-state index in [2.05, 4.69) is 10.0 Å². The Hall–Kier alpha value is -2.00. The minimum absolute atomic E-state index is 0.0476. The van der Waals surface area contributed by atoms with E-state index in [0.29, 0.717) is 23.5 Å². The zero-order valence-corrected chi connectivity index (χ0v) is 15.3. The van der Waals surface area contributed by atoms with Gasteiger partial charge in [-0.25, -0.2) is 18.1 Å². The average molecular weight is 383 g/mol. The van der Waals surface area contributed by atoms with Gasteiger partial charge in [0.25, 0.3) is 0 Å².